The van der Waals surface area contributed by atoms with Gasteiger partial charge in [0.15, 0.2) is 0 Å². The highest BCUT2D eigenvalue weighted by Crippen LogP contribution is 2.34. The number of halogens is 1. The molecule has 5 heteroatoms. The van der Waals surface area contributed by atoms with Gasteiger partial charge in [-0.25, -0.2) is 0 Å². The van der Waals surface area contributed by atoms with Crippen molar-refractivity contribution in [2.75, 3.05) is 30.4 Å². The predicted octanol–water partition coefficient (Wildman–Crippen LogP) is 5.31. The fourth-order valence-corrected chi connectivity index (χ4v) is 3.16. The van der Waals surface area contributed by atoms with Gasteiger partial charge in [0.05, 0.1) is 0 Å². The number of aldehydes is 1. The minimum atomic E-state index is -0.121. The minimum Gasteiger partial charge on any atom is -0.374 e. The molecule has 148 valence electrons. The molecule has 2 rings (SSSR count). The molecule has 0 spiro atoms. The van der Waals surface area contributed by atoms with Crippen LogP contribution in [0.2, 0.25) is 5.02 Å². The maximum absolute atomic E-state index is 12.9. The number of benzene rings is 2. The lowest BCUT2D eigenvalue weighted by Crippen LogP contribution is -2.26. The molecule has 0 aliphatic rings. The number of carbonyl (C=O) groups is 2. The van der Waals surface area contributed by atoms with Gasteiger partial charge in [-0.2, -0.15) is 0 Å². The zero-order valence-corrected chi connectivity index (χ0v) is 17.8. The van der Waals surface area contributed by atoms with Crippen LogP contribution in [0.5, 0.6) is 0 Å². The molecule has 0 aromatic heterocycles. The summed E-state index contributed by atoms with van der Waals surface area (Å²) in [5.74, 6) is 0.0476. The van der Waals surface area contributed by atoms with Crippen LogP contribution in [0.25, 0.3) is 5.57 Å². The third kappa shape index (κ3) is 4.82. The monoisotopic (exact) mass is 398 g/mol. The van der Waals surface area contributed by atoms with Crippen molar-refractivity contribution in [2.45, 2.75) is 20.8 Å². The van der Waals surface area contributed by atoms with Crippen LogP contribution in [-0.2, 0) is 4.79 Å². The second-order valence-electron chi connectivity index (χ2n) is 7.00. The lowest BCUT2D eigenvalue weighted by molar-refractivity contribution is -0.104. The molecule has 0 N–H and O–H groups in total. The molecule has 2 aromatic rings. The second-order valence-corrected chi connectivity index (χ2v) is 7.44. The van der Waals surface area contributed by atoms with Crippen LogP contribution in [-0.4, -0.2) is 32.8 Å². The van der Waals surface area contributed by atoms with Crippen LogP contribution in [0.15, 0.2) is 48.5 Å². The first-order chi connectivity index (χ1) is 13.3. The molecule has 0 bridgehead atoms. The maximum Gasteiger partial charge on any atom is 0.258 e. The van der Waals surface area contributed by atoms with Crippen LogP contribution in [0.1, 0.15) is 36.7 Å². The maximum atomic E-state index is 12.9. The highest BCUT2D eigenvalue weighted by Gasteiger charge is 2.18. The lowest BCUT2D eigenvalue weighted by Gasteiger charge is -2.26. The second kappa shape index (κ2) is 9.56. The summed E-state index contributed by atoms with van der Waals surface area (Å²) in [4.78, 5) is 27.8. The zero-order valence-electron chi connectivity index (χ0n) is 17.1. The smallest absolute Gasteiger partial charge is 0.258 e. The van der Waals surface area contributed by atoms with E-state index < -0.39 is 0 Å². The Kier molecular flexibility index (Phi) is 7.41. The van der Waals surface area contributed by atoms with Crippen molar-refractivity contribution < 1.29 is 9.59 Å². The first kappa shape index (κ1) is 21.7. The molecule has 0 aliphatic heterocycles. The molecule has 0 saturated carbocycles. The van der Waals surface area contributed by atoms with E-state index in [1.165, 1.54) is 0 Å². The number of anilines is 2. The van der Waals surface area contributed by atoms with E-state index >= 15 is 0 Å². The Balaban J connectivity index is 2.52. The first-order valence-corrected chi connectivity index (χ1v) is 9.72. The van der Waals surface area contributed by atoms with E-state index in [0.717, 1.165) is 35.3 Å². The fourth-order valence-electron chi connectivity index (χ4n) is 3.04. The molecular formula is C23H27ClN2O2. The van der Waals surface area contributed by atoms with Gasteiger partial charge in [0.1, 0.15) is 6.29 Å². The van der Waals surface area contributed by atoms with Crippen molar-refractivity contribution in [1.29, 1.82) is 0 Å². The molecule has 0 unspecified atom stereocenters. The summed E-state index contributed by atoms with van der Waals surface area (Å²) in [5, 5.41) is 0.592. The SMILES string of the molecule is CCN(C)c1ccc(N(C)C(=O)c2ccc(Cl)cc2)cc1/C(=C\C=O)C(C)C. The summed E-state index contributed by atoms with van der Waals surface area (Å²) < 4.78 is 0. The van der Waals surface area contributed by atoms with E-state index in [4.69, 9.17) is 11.6 Å². The third-order valence-electron chi connectivity index (χ3n) is 4.83. The molecule has 0 radical (unpaired) electrons. The van der Waals surface area contributed by atoms with E-state index in [0.29, 0.717) is 10.6 Å². The molecule has 0 atom stereocenters. The molecule has 1 amide bonds. The Bertz CT molecular complexity index is 873. The quantitative estimate of drug-likeness (QED) is 0.468. The molecule has 0 fully saturated rings. The first-order valence-electron chi connectivity index (χ1n) is 9.34. The number of hydrogen-bond donors (Lipinski definition) is 0. The van der Waals surface area contributed by atoms with Crippen LogP contribution >= 0.6 is 11.6 Å². The van der Waals surface area contributed by atoms with Crippen LogP contribution in [0, 0.1) is 5.92 Å². The van der Waals surface area contributed by atoms with Crippen molar-refractivity contribution in [2.24, 2.45) is 5.92 Å². The van der Waals surface area contributed by atoms with Gasteiger partial charge in [0.2, 0.25) is 0 Å². The van der Waals surface area contributed by atoms with E-state index in [1.54, 1.807) is 42.3 Å². The van der Waals surface area contributed by atoms with E-state index in [9.17, 15) is 9.59 Å². The summed E-state index contributed by atoms with van der Waals surface area (Å²) in [5.41, 5.74) is 4.26. The van der Waals surface area contributed by atoms with E-state index in [2.05, 4.69) is 25.7 Å². The number of amides is 1. The van der Waals surface area contributed by atoms with Gasteiger partial charge in [-0.15, -0.1) is 0 Å². The Hall–Kier alpha value is -2.59. The Morgan fingerprint density at radius 3 is 2.29 bits per heavy atom. The molecule has 4 nitrogen and oxygen atoms in total. The normalized spacial score (nSPS) is 11.5. The molecular weight excluding hydrogens is 372 g/mol. The summed E-state index contributed by atoms with van der Waals surface area (Å²) in [6, 6.07) is 12.7. The Labute approximate surface area is 172 Å². The van der Waals surface area contributed by atoms with Crippen molar-refractivity contribution in [3.05, 3.63) is 64.7 Å². The van der Waals surface area contributed by atoms with Crippen molar-refractivity contribution in [3.63, 3.8) is 0 Å². The Morgan fingerprint density at radius 1 is 1.11 bits per heavy atom. The molecule has 0 saturated heterocycles. The average Bonchev–Trinajstić information content (AvgIpc) is 2.70. The lowest BCUT2D eigenvalue weighted by atomic mass is 9.92. The standard InChI is InChI=1S/C23H27ClN2O2/c1-6-25(4)22-12-11-19(15-21(22)20(13-14-27)16(2)3)26(5)23(28)17-7-9-18(24)10-8-17/h7-16H,6H2,1-5H3/b20-13-. The summed E-state index contributed by atoms with van der Waals surface area (Å²) in [7, 11) is 3.76. The summed E-state index contributed by atoms with van der Waals surface area (Å²) in [6.07, 6.45) is 2.43. The third-order valence-corrected chi connectivity index (χ3v) is 5.08. The topological polar surface area (TPSA) is 40.6 Å². The average molecular weight is 399 g/mol. The van der Waals surface area contributed by atoms with E-state index in [1.807, 2.05) is 25.2 Å². The number of carbonyl (C=O) groups excluding carboxylic acids is 2. The van der Waals surface area contributed by atoms with Gasteiger partial charge < -0.3 is 9.80 Å². The highest BCUT2D eigenvalue weighted by atomic mass is 35.5. The summed E-state index contributed by atoms with van der Waals surface area (Å²) >= 11 is 5.92. The number of hydrogen-bond acceptors (Lipinski definition) is 3. The van der Waals surface area contributed by atoms with Crippen molar-refractivity contribution >= 4 is 40.7 Å². The van der Waals surface area contributed by atoms with Gasteiger partial charge >= 0.3 is 0 Å². The van der Waals surface area contributed by atoms with Crippen LogP contribution in [0.4, 0.5) is 11.4 Å². The van der Waals surface area contributed by atoms with Gasteiger partial charge in [-0.05, 0) is 67.0 Å². The number of rotatable bonds is 7. The highest BCUT2D eigenvalue weighted by molar-refractivity contribution is 6.30. The predicted molar refractivity (Wildman–Crippen MR) is 118 cm³/mol. The number of allylic oxidation sites excluding steroid dienone is 2. The summed E-state index contributed by atoms with van der Waals surface area (Å²) in [6.45, 7) is 7.02. The minimum absolute atomic E-state index is 0.121. The van der Waals surface area contributed by atoms with E-state index in [-0.39, 0.29) is 11.8 Å². The molecule has 28 heavy (non-hydrogen) atoms. The van der Waals surface area contributed by atoms with Gasteiger partial charge in [-0.1, -0.05) is 25.4 Å². The van der Waals surface area contributed by atoms with Gasteiger partial charge in [-0.3, -0.25) is 9.59 Å². The molecule has 0 heterocycles. The number of nitrogens with zero attached hydrogens (tertiary/aromatic N) is 2. The van der Waals surface area contributed by atoms with Crippen molar-refractivity contribution in [3.8, 4) is 0 Å². The van der Waals surface area contributed by atoms with Crippen LogP contribution < -0.4 is 9.80 Å². The zero-order chi connectivity index (χ0) is 20.8. The Morgan fingerprint density at radius 2 is 1.75 bits per heavy atom. The largest absolute Gasteiger partial charge is 0.374 e. The molecule has 2 aromatic carbocycles. The van der Waals surface area contributed by atoms with Crippen molar-refractivity contribution in [1.82, 2.24) is 0 Å². The van der Waals surface area contributed by atoms with Gasteiger partial charge in [0, 0.05) is 48.2 Å². The fraction of sp³-hybridized carbons (Fsp3) is 0.304. The molecule has 0 aliphatic carbocycles. The van der Waals surface area contributed by atoms with Gasteiger partial charge in [0.25, 0.3) is 5.91 Å². The van der Waals surface area contributed by atoms with Crippen LogP contribution in [0.3, 0.4) is 0 Å².